The number of benzene rings is 2. The van der Waals surface area contributed by atoms with Gasteiger partial charge in [0.1, 0.15) is 17.9 Å². The highest BCUT2D eigenvalue weighted by molar-refractivity contribution is 5.92. The van der Waals surface area contributed by atoms with Crippen LogP contribution in [-0.4, -0.2) is 74.0 Å². The summed E-state index contributed by atoms with van der Waals surface area (Å²) in [6, 6.07) is 14.9. The number of aliphatic hydroxyl groups excluding tert-OH is 1. The van der Waals surface area contributed by atoms with E-state index in [1.54, 1.807) is 0 Å². The standard InChI is InChI=1S/C14H22O5.C7H5NO4/c15-6-7-16-8-9-17-10-11-18-12-13-19-14-4-2-1-3-5-14;9-7(10)5-3-1-2-4-6(5)8(11)12/h1-5,15H,6-13H2;1-4H,(H,9,10). The van der Waals surface area contributed by atoms with Crippen molar-refractivity contribution >= 4 is 11.7 Å². The number of nitro benzene ring substituents is 1. The lowest BCUT2D eigenvalue weighted by atomic mass is 10.2. The van der Waals surface area contributed by atoms with Crippen molar-refractivity contribution in [3.63, 3.8) is 0 Å². The molecule has 0 aliphatic rings. The Kier molecular flexibility index (Phi) is 14.0. The molecular weight excluding hydrogens is 410 g/mol. The second-order valence-corrected chi connectivity index (χ2v) is 5.80. The molecule has 2 rings (SSSR count). The Hall–Kier alpha value is -3.05. The van der Waals surface area contributed by atoms with Crippen molar-refractivity contribution in [2.24, 2.45) is 0 Å². The van der Waals surface area contributed by atoms with E-state index in [2.05, 4.69) is 0 Å². The number of para-hydroxylation sites is 2. The summed E-state index contributed by atoms with van der Waals surface area (Å²) in [4.78, 5) is 20.0. The number of ether oxygens (including phenoxy) is 4. The molecule has 0 aliphatic carbocycles. The maximum absolute atomic E-state index is 10.4. The van der Waals surface area contributed by atoms with Crippen LogP contribution in [0.5, 0.6) is 5.75 Å². The second kappa shape index (κ2) is 16.7. The van der Waals surface area contributed by atoms with Gasteiger partial charge in [0.2, 0.25) is 0 Å². The molecule has 0 unspecified atom stereocenters. The number of aromatic carboxylic acids is 1. The van der Waals surface area contributed by atoms with Gasteiger partial charge in [-0.05, 0) is 18.2 Å². The van der Waals surface area contributed by atoms with Gasteiger partial charge in [-0.3, -0.25) is 10.1 Å². The summed E-state index contributed by atoms with van der Waals surface area (Å²) in [6.07, 6.45) is 0. The van der Waals surface area contributed by atoms with Crippen LogP contribution in [-0.2, 0) is 14.2 Å². The Bertz CT molecular complexity index is 723. The van der Waals surface area contributed by atoms with Gasteiger partial charge < -0.3 is 29.2 Å². The number of carbonyl (C=O) groups is 1. The number of nitrogens with zero attached hydrogens (tertiary/aromatic N) is 1. The number of carboxylic acid groups (broad SMARTS) is 1. The quantitative estimate of drug-likeness (QED) is 0.259. The summed E-state index contributed by atoms with van der Waals surface area (Å²) < 4.78 is 21.1. The van der Waals surface area contributed by atoms with E-state index in [1.165, 1.54) is 18.2 Å². The van der Waals surface area contributed by atoms with Gasteiger partial charge in [-0.15, -0.1) is 0 Å². The lowest BCUT2D eigenvalue weighted by Crippen LogP contribution is -2.13. The van der Waals surface area contributed by atoms with Crippen molar-refractivity contribution in [2.45, 2.75) is 0 Å². The fourth-order valence-electron chi connectivity index (χ4n) is 2.16. The summed E-state index contributed by atoms with van der Waals surface area (Å²) in [5.74, 6) is -0.439. The van der Waals surface area contributed by atoms with Gasteiger partial charge in [-0.25, -0.2) is 4.79 Å². The zero-order chi connectivity index (χ0) is 22.7. The van der Waals surface area contributed by atoms with E-state index in [0.717, 1.165) is 11.8 Å². The number of hydrogen-bond acceptors (Lipinski definition) is 8. The molecule has 31 heavy (non-hydrogen) atoms. The maximum Gasteiger partial charge on any atom is 0.342 e. The molecule has 0 spiro atoms. The van der Waals surface area contributed by atoms with Crippen LogP contribution in [0.4, 0.5) is 5.69 Å². The van der Waals surface area contributed by atoms with Crippen LogP contribution in [0.15, 0.2) is 54.6 Å². The molecule has 10 nitrogen and oxygen atoms in total. The molecule has 0 aliphatic heterocycles. The largest absolute Gasteiger partial charge is 0.491 e. The van der Waals surface area contributed by atoms with E-state index in [-0.39, 0.29) is 17.9 Å². The zero-order valence-electron chi connectivity index (χ0n) is 17.1. The monoisotopic (exact) mass is 437 g/mol. The summed E-state index contributed by atoms with van der Waals surface area (Å²) in [5, 5.41) is 27.3. The molecule has 0 aromatic heterocycles. The Morgan fingerprint density at radius 2 is 1.32 bits per heavy atom. The van der Waals surface area contributed by atoms with Crippen LogP contribution in [0.3, 0.4) is 0 Å². The normalized spacial score (nSPS) is 10.1. The van der Waals surface area contributed by atoms with Crippen LogP contribution in [0.2, 0.25) is 0 Å². The van der Waals surface area contributed by atoms with Gasteiger partial charge in [-0.1, -0.05) is 30.3 Å². The minimum atomic E-state index is -1.29. The van der Waals surface area contributed by atoms with Gasteiger partial charge in [0.25, 0.3) is 5.69 Å². The van der Waals surface area contributed by atoms with Crippen LogP contribution < -0.4 is 4.74 Å². The zero-order valence-corrected chi connectivity index (χ0v) is 17.1. The lowest BCUT2D eigenvalue weighted by Gasteiger charge is -2.07. The Morgan fingerprint density at radius 3 is 1.84 bits per heavy atom. The Labute approximate surface area is 180 Å². The number of nitro groups is 1. The van der Waals surface area contributed by atoms with E-state index in [9.17, 15) is 14.9 Å². The van der Waals surface area contributed by atoms with Crippen molar-refractivity contribution < 1.29 is 38.9 Å². The Balaban J connectivity index is 0.000000343. The molecule has 2 aromatic carbocycles. The van der Waals surface area contributed by atoms with E-state index in [4.69, 9.17) is 29.2 Å². The predicted molar refractivity (Wildman–Crippen MR) is 112 cm³/mol. The third kappa shape index (κ3) is 12.3. The van der Waals surface area contributed by atoms with Crippen molar-refractivity contribution in [1.82, 2.24) is 0 Å². The first-order valence-electron chi connectivity index (χ1n) is 9.55. The van der Waals surface area contributed by atoms with Gasteiger partial charge in [0, 0.05) is 6.07 Å². The molecule has 0 heterocycles. The highest BCUT2D eigenvalue weighted by Crippen LogP contribution is 2.16. The molecule has 170 valence electrons. The summed E-state index contributed by atoms with van der Waals surface area (Å²) in [6.45, 7) is 3.57. The summed E-state index contributed by atoms with van der Waals surface area (Å²) in [5.41, 5.74) is -0.674. The average Bonchev–Trinajstić information content (AvgIpc) is 2.78. The first kappa shape index (κ1) is 26.0. The van der Waals surface area contributed by atoms with Crippen molar-refractivity contribution in [1.29, 1.82) is 0 Å². The number of carboxylic acids is 1. The van der Waals surface area contributed by atoms with Crippen molar-refractivity contribution in [3.05, 3.63) is 70.3 Å². The topological polar surface area (TPSA) is 138 Å². The molecule has 0 fully saturated rings. The van der Waals surface area contributed by atoms with E-state index < -0.39 is 10.9 Å². The van der Waals surface area contributed by atoms with E-state index in [0.29, 0.717) is 46.2 Å². The van der Waals surface area contributed by atoms with Crippen LogP contribution >= 0.6 is 0 Å². The average molecular weight is 437 g/mol. The summed E-state index contributed by atoms with van der Waals surface area (Å²) in [7, 11) is 0. The van der Waals surface area contributed by atoms with Crippen LogP contribution in [0.25, 0.3) is 0 Å². The molecule has 0 atom stereocenters. The molecule has 0 amide bonds. The first-order valence-corrected chi connectivity index (χ1v) is 9.55. The third-order valence-electron chi connectivity index (χ3n) is 3.55. The molecule has 2 N–H and O–H groups in total. The van der Waals surface area contributed by atoms with Crippen LogP contribution in [0, 0.1) is 10.1 Å². The van der Waals surface area contributed by atoms with E-state index in [1.807, 2.05) is 30.3 Å². The lowest BCUT2D eigenvalue weighted by molar-refractivity contribution is -0.385. The molecule has 0 saturated heterocycles. The molecule has 2 aromatic rings. The second-order valence-electron chi connectivity index (χ2n) is 5.80. The van der Waals surface area contributed by atoms with E-state index >= 15 is 0 Å². The Morgan fingerprint density at radius 1 is 0.806 bits per heavy atom. The van der Waals surface area contributed by atoms with Gasteiger partial charge in [0.15, 0.2) is 0 Å². The molecule has 10 heteroatoms. The molecule has 0 radical (unpaired) electrons. The minimum absolute atomic E-state index is 0.0462. The summed E-state index contributed by atoms with van der Waals surface area (Å²) >= 11 is 0. The molecular formula is C21H27NO9. The highest BCUT2D eigenvalue weighted by Gasteiger charge is 2.17. The number of hydrogen-bond donors (Lipinski definition) is 2. The van der Waals surface area contributed by atoms with Gasteiger partial charge in [0.05, 0.1) is 51.2 Å². The third-order valence-corrected chi connectivity index (χ3v) is 3.55. The smallest absolute Gasteiger partial charge is 0.342 e. The van der Waals surface area contributed by atoms with Crippen molar-refractivity contribution in [3.8, 4) is 5.75 Å². The van der Waals surface area contributed by atoms with Crippen LogP contribution in [0.1, 0.15) is 10.4 Å². The SMILES string of the molecule is O=C(O)c1ccccc1[N+](=O)[O-].OCCOCCOCCOCCOc1ccccc1. The van der Waals surface area contributed by atoms with Gasteiger partial charge >= 0.3 is 5.97 Å². The first-order chi connectivity index (χ1) is 15.1. The fraction of sp³-hybridized carbons (Fsp3) is 0.381. The predicted octanol–water partition coefficient (Wildman–Crippen LogP) is 2.40. The van der Waals surface area contributed by atoms with Gasteiger partial charge in [-0.2, -0.15) is 0 Å². The number of rotatable bonds is 14. The van der Waals surface area contributed by atoms with Crippen molar-refractivity contribution in [2.75, 3.05) is 52.9 Å². The number of aliphatic hydroxyl groups is 1. The fourth-order valence-corrected chi connectivity index (χ4v) is 2.16. The molecule has 0 saturated carbocycles. The minimum Gasteiger partial charge on any atom is -0.491 e. The highest BCUT2D eigenvalue weighted by atomic mass is 16.6. The molecule has 0 bridgehead atoms. The maximum atomic E-state index is 10.4.